The Bertz CT molecular complexity index is 10.8. The van der Waals surface area contributed by atoms with Gasteiger partial charge in [-0.05, 0) is 0 Å². The van der Waals surface area contributed by atoms with Crippen molar-refractivity contribution >= 4 is 0 Å². The summed E-state index contributed by atoms with van der Waals surface area (Å²) in [4.78, 5) is 0. The molecule has 0 rings (SSSR count). The summed E-state index contributed by atoms with van der Waals surface area (Å²) in [5, 5.41) is 13.2. The third-order valence-electron chi connectivity index (χ3n) is 0. The molecular formula is C2H4NO-. The highest BCUT2D eigenvalue weighted by atomic mass is 16.2. The normalized spacial score (nSPS) is 2.00. The van der Waals surface area contributed by atoms with Crippen molar-refractivity contribution in [2.24, 2.45) is 0 Å². The van der Waals surface area contributed by atoms with Gasteiger partial charge in [-0.2, -0.15) is 0 Å². The third kappa shape index (κ3) is 0.971. The molecule has 1 N–H and O–H groups in total. The Hall–Kier alpha value is -0.550. The Morgan fingerprint density at radius 2 is 1.50 bits per heavy atom. The fourth-order valence-corrected chi connectivity index (χ4v) is 0. The van der Waals surface area contributed by atoms with Gasteiger partial charge in [0.05, 0.1) is 0 Å². The van der Waals surface area contributed by atoms with E-state index < -0.39 is 0 Å². The minimum Gasteiger partial charge on any atom is -0.512 e. The standard InChI is InChI=1S/CN.CH4O/c2*1-2/h;2H,1H3/q-1;. The van der Waals surface area contributed by atoms with Gasteiger partial charge in [-0.15, -0.1) is 0 Å². The van der Waals surface area contributed by atoms with Crippen LogP contribution < -0.4 is 0 Å². The molecular weight excluding hydrogens is 54.0 g/mol. The van der Waals surface area contributed by atoms with Gasteiger partial charge >= 0.3 is 0 Å². The number of aliphatic hydroxyl groups excluding tert-OH is 1. The molecule has 0 saturated carbocycles. The molecule has 0 spiro atoms. The molecule has 0 aliphatic carbocycles. The highest BCUT2D eigenvalue weighted by Crippen LogP contribution is 0.755. The summed E-state index contributed by atoms with van der Waals surface area (Å²) >= 11 is 0. The summed E-state index contributed by atoms with van der Waals surface area (Å²) in [6.45, 7) is 4.75. The molecule has 0 aromatic rings. The molecule has 0 aromatic heterocycles. The number of hydrogen-bond acceptors (Lipinski definition) is 2. The molecule has 0 aliphatic rings. The average molecular weight is 58.1 g/mol. The van der Waals surface area contributed by atoms with Gasteiger partial charge < -0.3 is 16.9 Å². The predicted octanol–water partition coefficient (Wildman–Crippen LogP) is -0.295. The van der Waals surface area contributed by atoms with Crippen molar-refractivity contribution in [3.8, 4) is 0 Å². The highest BCUT2D eigenvalue weighted by molar-refractivity contribution is 3.44. The SMILES string of the molecule is CO.[C-]#N. The van der Waals surface area contributed by atoms with Crippen molar-refractivity contribution in [1.82, 2.24) is 0 Å². The topological polar surface area (TPSA) is 44.0 Å². The fraction of sp³-hybridized carbons (Fsp3) is 0.500. The molecule has 0 radical (unpaired) electrons. The van der Waals surface area contributed by atoms with Crippen molar-refractivity contribution in [1.29, 1.82) is 5.26 Å². The maximum Gasteiger partial charge on any atom is 0.0319 e. The molecule has 0 bridgehead atoms. The molecule has 2 nitrogen and oxygen atoms in total. The van der Waals surface area contributed by atoms with E-state index >= 15 is 0 Å². The number of aliphatic hydroxyl groups is 1. The largest absolute Gasteiger partial charge is 0.512 e. The molecule has 0 aliphatic heterocycles. The van der Waals surface area contributed by atoms with E-state index in [-0.39, 0.29) is 0 Å². The Morgan fingerprint density at radius 1 is 1.50 bits per heavy atom. The lowest BCUT2D eigenvalue weighted by molar-refractivity contribution is 0.399. The van der Waals surface area contributed by atoms with E-state index in [9.17, 15) is 0 Å². The Morgan fingerprint density at radius 3 is 1.50 bits per heavy atom. The molecule has 0 fully saturated rings. The molecule has 0 atom stereocenters. The van der Waals surface area contributed by atoms with Crippen LogP contribution >= 0.6 is 0 Å². The average Bonchev–Trinajstić information content (AvgIpc) is 1.50. The zero-order valence-electron chi connectivity index (χ0n) is 2.39. The van der Waals surface area contributed by atoms with Crippen molar-refractivity contribution in [2.45, 2.75) is 0 Å². The van der Waals surface area contributed by atoms with Crippen LogP contribution in [0.15, 0.2) is 0 Å². The molecule has 2 heteroatoms. The summed E-state index contributed by atoms with van der Waals surface area (Å²) < 4.78 is 0. The van der Waals surface area contributed by atoms with Crippen LogP contribution in [0.2, 0.25) is 0 Å². The van der Waals surface area contributed by atoms with Crippen LogP contribution in [-0.2, 0) is 0 Å². The first-order chi connectivity index (χ1) is 2.00. The molecule has 0 heterocycles. The molecule has 0 amide bonds. The molecule has 4 heavy (non-hydrogen) atoms. The van der Waals surface area contributed by atoms with E-state index in [1.807, 2.05) is 0 Å². The van der Waals surface area contributed by atoms with Crippen LogP contribution in [0, 0.1) is 11.8 Å². The van der Waals surface area contributed by atoms with Crippen molar-refractivity contribution in [3.05, 3.63) is 6.57 Å². The van der Waals surface area contributed by atoms with Gasteiger partial charge in [-0.25, -0.2) is 0 Å². The molecule has 0 aromatic carbocycles. The number of hydrogen-bond donors (Lipinski definition) is 1. The maximum atomic E-state index is 7.00. The van der Waals surface area contributed by atoms with E-state index in [1.165, 1.54) is 0 Å². The Balaban J connectivity index is 0. The van der Waals surface area contributed by atoms with Gasteiger partial charge in [0, 0.05) is 7.11 Å². The van der Waals surface area contributed by atoms with Gasteiger partial charge in [0.15, 0.2) is 0 Å². The first-order valence-corrected chi connectivity index (χ1v) is 0.671. The Labute approximate surface area is 25.3 Å². The maximum absolute atomic E-state index is 7.00. The lowest BCUT2D eigenvalue weighted by atomic mass is 11.8. The summed E-state index contributed by atoms with van der Waals surface area (Å²) in [6.07, 6.45) is 0. The number of nitrogens with zero attached hydrogens (tertiary/aromatic N) is 1. The molecule has 0 saturated heterocycles. The van der Waals surface area contributed by atoms with Gasteiger partial charge in [-0.3, -0.25) is 0 Å². The van der Waals surface area contributed by atoms with Crippen LogP contribution in [0.1, 0.15) is 0 Å². The zero-order valence-corrected chi connectivity index (χ0v) is 2.39. The monoisotopic (exact) mass is 58.0 g/mol. The van der Waals surface area contributed by atoms with Crippen LogP contribution in [0.25, 0.3) is 0 Å². The molecule has 0 unspecified atom stereocenters. The lowest BCUT2D eigenvalue weighted by Crippen LogP contribution is -1.25. The quantitative estimate of drug-likeness (QED) is 0.389. The second kappa shape index (κ2) is 17.0. The van der Waals surface area contributed by atoms with Crippen LogP contribution in [-0.4, -0.2) is 12.2 Å². The summed E-state index contributed by atoms with van der Waals surface area (Å²) in [5.41, 5.74) is 0. The van der Waals surface area contributed by atoms with Crippen LogP contribution in [0.5, 0.6) is 0 Å². The summed E-state index contributed by atoms with van der Waals surface area (Å²) in [7, 11) is 1.00. The van der Waals surface area contributed by atoms with E-state index in [0.717, 1.165) is 7.11 Å². The van der Waals surface area contributed by atoms with E-state index in [1.54, 1.807) is 0 Å². The summed E-state index contributed by atoms with van der Waals surface area (Å²) in [5.74, 6) is 0. The van der Waals surface area contributed by atoms with E-state index in [0.29, 0.717) is 0 Å². The third-order valence-corrected chi connectivity index (χ3v) is 0. The fourth-order valence-electron chi connectivity index (χ4n) is 0. The predicted molar refractivity (Wildman–Crippen MR) is 13.1 cm³/mol. The van der Waals surface area contributed by atoms with E-state index in [2.05, 4.69) is 0 Å². The summed E-state index contributed by atoms with van der Waals surface area (Å²) in [6, 6.07) is 0. The minimum absolute atomic E-state index is 1.00. The van der Waals surface area contributed by atoms with Crippen LogP contribution in [0.3, 0.4) is 0 Å². The van der Waals surface area contributed by atoms with E-state index in [4.69, 9.17) is 16.9 Å². The highest BCUT2D eigenvalue weighted by Gasteiger charge is 0.839. The van der Waals surface area contributed by atoms with Crippen molar-refractivity contribution in [3.63, 3.8) is 0 Å². The lowest BCUT2D eigenvalue weighted by Gasteiger charge is -1.21. The first kappa shape index (κ1) is 9.85. The zero-order chi connectivity index (χ0) is 4.00. The second-order valence-electron chi connectivity index (χ2n) is 0. The van der Waals surface area contributed by atoms with Crippen LogP contribution in [0.4, 0.5) is 0 Å². The van der Waals surface area contributed by atoms with Crippen molar-refractivity contribution in [2.75, 3.05) is 7.11 Å². The molecule has 24 valence electrons. The van der Waals surface area contributed by atoms with Gasteiger partial charge in [0.1, 0.15) is 0 Å². The number of rotatable bonds is 0. The van der Waals surface area contributed by atoms with Gasteiger partial charge in [0.2, 0.25) is 0 Å². The van der Waals surface area contributed by atoms with Gasteiger partial charge in [0.25, 0.3) is 0 Å². The second-order valence-corrected chi connectivity index (χ2v) is 0. The minimum atomic E-state index is 1.00. The first-order valence-electron chi connectivity index (χ1n) is 0.671. The van der Waals surface area contributed by atoms with Gasteiger partial charge in [-0.1, -0.05) is 0 Å². The Kier molecular flexibility index (Phi) is 41.9. The van der Waals surface area contributed by atoms with Crippen molar-refractivity contribution < 1.29 is 5.11 Å². The smallest absolute Gasteiger partial charge is 0.0319 e.